The molecular weight excluding hydrogens is 204 g/mol. The Morgan fingerprint density at radius 1 is 1.62 bits per heavy atom. The molecule has 13 heavy (non-hydrogen) atoms. The van der Waals surface area contributed by atoms with Crippen molar-refractivity contribution in [3.63, 3.8) is 0 Å². The number of ether oxygens (including phenoxy) is 1. The van der Waals surface area contributed by atoms with Gasteiger partial charge in [0.25, 0.3) is 6.43 Å². The molecule has 1 aromatic rings. The van der Waals surface area contributed by atoms with Gasteiger partial charge >= 0.3 is 0 Å². The molecule has 0 radical (unpaired) electrons. The smallest absolute Gasteiger partial charge is 0.272 e. The Hall–Kier alpha value is -1.17. The summed E-state index contributed by atoms with van der Waals surface area (Å²) in [5.41, 5.74) is 5.17. The molecule has 4 nitrogen and oxygen atoms in total. The second-order valence-electron chi connectivity index (χ2n) is 2.09. The molecule has 0 aromatic carbocycles. The van der Waals surface area contributed by atoms with E-state index in [-0.39, 0.29) is 16.9 Å². The van der Waals surface area contributed by atoms with Crippen molar-refractivity contribution < 1.29 is 13.5 Å². The average Bonchev–Trinajstić information content (AvgIpc) is 2.02. The minimum absolute atomic E-state index is 0.00355. The van der Waals surface area contributed by atoms with Crippen LogP contribution in [0.2, 0.25) is 5.15 Å². The number of hydrogen-bond donors (Lipinski definition) is 1. The Balaban J connectivity index is 2.67. The molecule has 0 saturated heterocycles. The quantitative estimate of drug-likeness (QED) is 0.764. The van der Waals surface area contributed by atoms with Crippen LogP contribution in [-0.4, -0.2) is 23.0 Å². The lowest BCUT2D eigenvalue weighted by atomic mass is 10.6. The molecule has 1 heterocycles. The maximum absolute atomic E-state index is 11.7. The Labute approximate surface area is 77.7 Å². The van der Waals surface area contributed by atoms with Crippen LogP contribution in [0.25, 0.3) is 0 Å². The first-order valence-electron chi connectivity index (χ1n) is 3.28. The summed E-state index contributed by atoms with van der Waals surface area (Å²) in [6.07, 6.45) is -1.42. The van der Waals surface area contributed by atoms with E-state index in [1.807, 2.05) is 0 Å². The molecule has 0 aliphatic carbocycles. The van der Waals surface area contributed by atoms with Gasteiger partial charge in [-0.15, -0.1) is 0 Å². The largest absolute Gasteiger partial charge is 0.483 e. The minimum atomic E-state index is -2.56. The fourth-order valence-corrected chi connectivity index (χ4v) is 0.802. The third kappa shape index (κ3) is 2.98. The Morgan fingerprint density at radius 2 is 2.31 bits per heavy atom. The van der Waals surface area contributed by atoms with E-state index >= 15 is 0 Å². The molecule has 2 N–H and O–H groups in total. The number of nitrogens with two attached hydrogens (primary N) is 1. The first kappa shape index (κ1) is 9.91. The van der Waals surface area contributed by atoms with Crippen LogP contribution in [0.5, 0.6) is 5.75 Å². The van der Waals surface area contributed by atoms with Crippen LogP contribution < -0.4 is 10.5 Å². The van der Waals surface area contributed by atoms with Gasteiger partial charge in [0.2, 0.25) is 5.95 Å². The van der Waals surface area contributed by atoms with E-state index in [4.69, 9.17) is 17.3 Å². The van der Waals surface area contributed by atoms with E-state index in [0.717, 1.165) is 6.20 Å². The van der Waals surface area contributed by atoms with E-state index in [9.17, 15) is 8.78 Å². The van der Waals surface area contributed by atoms with Gasteiger partial charge in [-0.25, -0.2) is 13.8 Å². The molecule has 0 aliphatic rings. The predicted molar refractivity (Wildman–Crippen MR) is 43.0 cm³/mol. The van der Waals surface area contributed by atoms with Crippen molar-refractivity contribution in [2.45, 2.75) is 6.43 Å². The summed E-state index contributed by atoms with van der Waals surface area (Å²) in [5.74, 6) is -0.0365. The van der Waals surface area contributed by atoms with E-state index in [1.54, 1.807) is 0 Å². The van der Waals surface area contributed by atoms with Crippen LogP contribution in [0.1, 0.15) is 0 Å². The number of halogens is 3. The molecule has 0 atom stereocenters. The van der Waals surface area contributed by atoms with Crippen LogP contribution >= 0.6 is 11.6 Å². The van der Waals surface area contributed by atoms with Gasteiger partial charge in [0.1, 0.15) is 6.61 Å². The highest BCUT2D eigenvalue weighted by Gasteiger charge is 2.08. The molecule has 0 fully saturated rings. The van der Waals surface area contributed by atoms with Gasteiger partial charge in [-0.1, -0.05) is 11.6 Å². The second kappa shape index (κ2) is 4.18. The highest BCUT2D eigenvalue weighted by molar-refractivity contribution is 6.30. The molecule has 0 aliphatic heterocycles. The highest BCUT2D eigenvalue weighted by Crippen LogP contribution is 2.21. The lowest BCUT2D eigenvalue weighted by molar-refractivity contribution is 0.0816. The number of nitrogen functional groups attached to an aromatic ring is 1. The van der Waals surface area contributed by atoms with Crippen molar-refractivity contribution in [2.24, 2.45) is 0 Å². The molecule has 0 unspecified atom stereocenters. The predicted octanol–water partition coefficient (Wildman–Crippen LogP) is 1.36. The summed E-state index contributed by atoms with van der Waals surface area (Å²) in [6, 6.07) is 0. The van der Waals surface area contributed by atoms with Crippen LogP contribution in [0.4, 0.5) is 14.7 Å². The van der Waals surface area contributed by atoms with Gasteiger partial charge in [0.05, 0.1) is 6.20 Å². The zero-order chi connectivity index (χ0) is 9.84. The van der Waals surface area contributed by atoms with Crippen LogP contribution in [-0.2, 0) is 0 Å². The van der Waals surface area contributed by atoms with Gasteiger partial charge < -0.3 is 10.5 Å². The summed E-state index contributed by atoms with van der Waals surface area (Å²) in [7, 11) is 0. The first-order valence-corrected chi connectivity index (χ1v) is 3.66. The van der Waals surface area contributed by atoms with Crippen LogP contribution in [0.3, 0.4) is 0 Å². The third-order valence-corrected chi connectivity index (χ3v) is 1.37. The van der Waals surface area contributed by atoms with Crippen molar-refractivity contribution in [2.75, 3.05) is 12.3 Å². The highest BCUT2D eigenvalue weighted by atomic mass is 35.5. The van der Waals surface area contributed by atoms with Crippen molar-refractivity contribution in [3.05, 3.63) is 11.3 Å². The SMILES string of the molecule is Nc1ncc(OCC(F)F)c(Cl)n1. The van der Waals surface area contributed by atoms with E-state index < -0.39 is 13.0 Å². The summed E-state index contributed by atoms with van der Waals surface area (Å²) < 4.78 is 28.0. The van der Waals surface area contributed by atoms with Crippen molar-refractivity contribution in [1.82, 2.24) is 9.97 Å². The van der Waals surface area contributed by atoms with Crippen molar-refractivity contribution in [3.8, 4) is 5.75 Å². The monoisotopic (exact) mass is 209 g/mol. The van der Waals surface area contributed by atoms with Crippen molar-refractivity contribution in [1.29, 1.82) is 0 Å². The molecule has 0 amide bonds. The Bertz CT molecular complexity index is 297. The van der Waals surface area contributed by atoms with Gasteiger partial charge in [-0.2, -0.15) is 4.98 Å². The standard InChI is InChI=1S/C6H6ClF2N3O/c7-5-3(13-2-4(8)9)1-11-6(10)12-5/h1,4H,2H2,(H2,10,11,12). The minimum Gasteiger partial charge on any atom is -0.483 e. The molecule has 0 saturated carbocycles. The molecule has 1 aromatic heterocycles. The maximum atomic E-state index is 11.7. The Morgan fingerprint density at radius 3 is 2.85 bits per heavy atom. The molecule has 7 heteroatoms. The lowest BCUT2D eigenvalue weighted by Crippen LogP contribution is -2.08. The lowest BCUT2D eigenvalue weighted by Gasteiger charge is -2.05. The molecule has 72 valence electrons. The van der Waals surface area contributed by atoms with Gasteiger partial charge in [-0.05, 0) is 0 Å². The van der Waals surface area contributed by atoms with Crippen molar-refractivity contribution >= 4 is 17.5 Å². The maximum Gasteiger partial charge on any atom is 0.272 e. The molecular formula is C6H6ClF2N3O. The summed E-state index contributed by atoms with van der Waals surface area (Å²) in [4.78, 5) is 7.04. The summed E-state index contributed by atoms with van der Waals surface area (Å²) in [6.45, 7) is -0.743. The van der Waals surface area contributed by atoms with Crippen LogP contribution in [0, 0.1) is 0 Å². The number of nitrogens with zero attached hydrogens (tertiary/aromatic N) is 2. The number of anilines is 1. The first-order chi connectivity index (χ1) is 6.09. The zero-order valence-corrected chi connectivity index (χ0v) is 7.13. The van der Waals surface area contributed by atoms with Gasteiger partial charge in [0.15, 0.2) is 10.9 Å². The molecule has 0 spiro atoms. The number of aromatic nitrogens is 2. The van der Waals surface area contributed by atoms with Crippen LogP contribution in [0.15, 0.2) is 6.20 Å². The number of hydrogen-bond acceptors (Lipinski definition) is 4. The van der Waals surface area contributed by atoms with Gasteiger partial charge in [-0.3, -0.25) is 0 Å². The van der Waals surface area contributed by atoms with Gasteiger partial charge in [0, 0.05) is 0 Å². The van der Waals surface area contributed by atoms with E-state index in [0.29, 0.717) is 0 Å². The topological polar surface area (TPSA) is 61.0 Å². The van der Waals surface area contributed by atoms with E-state index in [1.165, 1.54) is 0 Å². The fourth-order valence-electron chi connectivity index (χ4n) is 0.612. The second-order valence-corrected chi connectivity index (χ2v) is 2.44. The average molecular weight is 210 g/mol. The zero-order valence-electron chi connectivity index (χ0n) is 6.38. The third-order valence-electron chi connectivity index (χ3n) is 1.09. The van der Waals surface area contributed by atoms with E-state index in [2.05, 4.69) is 14.7 Å². The Kier molecular flexibility index (Phi) is 3.18. The number of rotatable bonds is 3. The summed E-state index contributed by atoms with van der Waals surface area (Å²) >= 11 is 5.51. The normalized spacial score (nSPS) is 10.5. The number of alkyl halides is 2. The fraction of sp³-hybridized carbons (Fsp3) is 0.333. The molecule has 0 bridgehead atoms. The summed E-state index contributed by atoms with van der Waals surface area (Å²) in [5, 5.41) is -0.0758. The molecule has 1 rings (SSSR count).